The fourth-order valence-electron chi connectivity index (χ4n) is 1.45. The van der Waals surface area contributed by atoms with Crippen LogP contribution in [0, 0.1) is 0 Å². The van der Waals surface area contributed by atoms with Crippen molar-refractivity contribution in [3.63, 3.8) is 0 Å². The van der Waals surface area contributed by atoms with Gasteiger partial charge < -0.3 is 26.3 Å². The lowest BCUT2D eigenvalue weighted by Gasteiger charge is -2.23. The van der Waals surface area contributed by atoms with E-state index >= 15 is 0 Å². The molecule has 0 saturated carbocycles. The van der Waals surface area contributed by atoms with E-state index in [1.807, 2.05) is 0 Å². The van der Waals surface area contributed by atoms with Crippen molar-refractivity contribution in [3.05, 3.63) is 6.07 Å². The number of hydrogen-bond donors (Lipinski definition) is 3. The van der Waals surface area contributed by atoms with Gasteiger partial charge in [0.15, 0.2) is 0 Å². The summed E-state index contributed by atoms with van der Waals surface area (Å²) in [6.45, 7) is 2.48. The largest absolute Gasteiger partial charge is 0.383 e. The van der Waals surface area contributed by atoms with Gasteiger partial charge in [-0.1, -0.05) is 0 Å². The molecule has 0 aliphatic carbocycles. The molecule has 0 radical (unpaired) electrons. The van der Waals surface area contributed by atoms with E-state index in [0.717, 1.165) is 0 Å². The second-order valence-electron chi connectivity index (χ2n) is 3.48. The van der Waals surface area contributed by atoms with Gasteiger partial charge in [-0.25, -0.2) is 0 Å². The molecule has 1 aromatic heterocycles. The van der Waals surface area contributed by atoms with Crippen molar-refractivity contribution in [2.45, 2.75) is 6.10 Å². The lowest BCUT2D eigenvalue weighted by atomic mass is 10.3. The molecule has 2 rings (SSSR count). The summed E-state index contributed by atoms with van der Waals surface area (Å²) < 4.78 is 10.7. The lowest BCUT2D eigenvalue weighted by Crippen LogP contribution is -2.34. The van der Waals surface area contributed by atoms with Gasteiger partial charge in [0.2, 0.25) is 5.95 Å². The molecule has 0 bridgehead atoms. The summed E-state index contributed by atoms with van der Waals surface area (Å²) >= 11 is 0. The van der Waals surface area contributed by atoms with Crippen LogP contribution >= 0.6 is 0 Å². The second-order valence-corrected chi connectivity index (χ2v) is 3.48. The van der Waals surface area contributed by atoms with E-state index in [2.05, 4.69) is 15.3 Å². The second kappa shape index (κ2) is 4.95. The van der Waals surface area contributed by atoms with Crippen LogP contribution in [0.15, 0.2) is 6.07 Å². The molecular formula is C9H15N5O2. The Balaban J connectivity index is 1.88. The van der Waals surface area contributed by atoms with Crippen LogP contribution in [0.3, 0.4) is 0 Å². The van der Waals surface area contributed by atoms with Gasteiger partial charge in [0.25, 0.3) is 0 Å². The molecule has 0 aromatic carbocycles. The number of hydrogen-bond acceptors (Lipinski definition) is 7. The Kier molecular flexibility index (Phi) is 3.37. The zero-order valence-corrected chi connectivity index (χ0v) is 8.85. The average molecular weight is 225 g/mol. The maximum atomic E-state index is 5.54. The zero-order valence-electron chi connectivity index (χ0n) is 8.85. The smallest absolute Gasteiger partial charge is 0.223 e. The Morgan fingerprint density at radius 2 is 2.25 bits per heavy atom. The summed E-state index contributed by atoms with van der Waals surface area (Å²) in [4.78, 5) is 7.78. The first-order valence-corrected chi connectivity index (χ1v) is 5.07. The number of nitrogens with one attached hydrogen (secondary N) is 1. The Bertz CT molecular complexity index is 334. The number of rotatable bonds is 3. The first-order chi connectivity index (χ1) is 7.74. The third-order valence-electron chi connectivity index (χ3n) is 2.16. The Hall–Kier alpha value is -1.60. The van der Waals surface area contributed by atoms with Gasteiger partial charge in [-0.2, -0.15) is 9.97 Å². The van der Waals surface area contributed by atoms with E-state index in [0.29, 0.717) is 38.0 Å². The normalized spacial score (nSPS) is 20.6. The van der Waals surface area contributed by atoms with Crippen LogP contribution in [0.25, 0.3) is 0 Å². The van der Waals surface area contributed by atoms with Crippen LogP contribution in [-0.2, 0) is 9.47 Å². The van der Waals surface area contributed by atoms with E-state index in [4.69, 9.17) is 20.9 Å². The number of nitrogens with two attached hydrogens (primary N) is 2. The van der Waals surface area contributed by atoms with Crippen LogP contribution in [0.1, 0.15) is 0 Å². The minimum atomic E-state index is 0.0335. The van der Waals surface area contributed by atoms with Gasteiger partial charge in [-0.15, -0.1) is 0 Å². The molecule has 16 heavy (non-hydrogen) atoms. The summed E-state index contributed by atoms with van der Waals surface area (Å²) in [5.74, 6) is 1.10. The zero-order chi connectivity index (χ0) is 11.4. The first-order valence-electron chi connectivity index (χ1n) is 5.07. The number of nitrogen functional groups attached to an aromatic ring is 2. The van der Waals surface area contributed by atoms with Gasteiger partial charge >= 0.3 is 0 Å². The molecule has 1 saturated heterocycles. The van der Waals surface area contributed by atoms with Crippen LogP contribution in [0.5, 0.6) is 0 Å². The predicted octanol–water partition coefficient (Wildman–Crippen LogP) is -0.532. The summed E-state index contributed by atoms with van der Waals surface area (Å²) in [6, 6.07) is 1.63. The standard InChI is InChI=1S/C9H15N5O2/c10-7-3-8(14-9(11)13-7)12-4-6-5-15-1-2-16-6/h3,6H,1-2,4-5H2,(H5,10,11,12,13,14). The molecular weight excluding hydrogens is 210 g/mol. The molecule has 1 aliphatic rings. The van der Waals surface area contributed by atoms with Crippen molar-refractivity contribution in [2.24, 2.45) is 0 Å². The van der Waals surface area contributed by atoms with Gasteiger partial charge in [0.1, 0.15) is 11.6 Å². The van der Waals surface area contributed by atoms with Gasteiger partial charge in [0, 0.05) is 12.6 Å². The van der Waals surface area contributed by atoms with E-state index in [1.165, 1.54) is 0 Å². The maximum absolute atomic E-state index is 5.54. The number of ether oxygens (including phenoxy) is 2. The summed E-state index contributed by atoms with van der Waals surface area (Å²) in [5.41, 5.74) is 11.0. The highest BCUT2D eigenvalue weighted by Gasteiger charge is 2.14. The molecule has 1 unspecified atom stereocenters. The Morgan fingerprint density at radius 1 is 1.38 bits per heavy atom. The first kappa shape index (κ1) is 10.9. The van der Waals surface area contributed by atoms with Crippen LogP contribution < -0.4 is 16.8 Å². The van der Waals surface area contributed by atoms with Crippen molar-refractivity contribution in [3.8, 4) is 0 Å². The molecule has 1 aromatic rings. The predicted molar refractivity (Wildman–Crippen MR) is 59.9 cm³/mol. The van der Waals surface area contributed by atoms with Crippen LogP contribution in [0.2, 0.25) is 0 Å². The maximum Gasteiger partial charge on any atom is 0.223 e. The van der Waals surface area contributed by atoms with Gasteiger partial charge in [-0.05, 0) is 0 Å². The van der Waals surface area contributed by atoms with Crippen molar-refractivity contribution in [2.75, 3.05) is 43.1 Å². The summed E-state index contributed by atoms with van der Waals surface area (Å²) in [5, 5.41) is 3.08. The van der Waals surface area contributed by atoms with E-state index in [-0.39, 0.29) is 12.1 Å². The molecule has 5 N–H and O–H groups in total. The minimum absolute atomic E-state index is 0.0335. The fraction of sp³-hybridized carbons (Fsp3) is 0.556. The third kappa shape index (κ3) is 2.94. The Labute approximate surface area is 93.1 Å². The minimum Gasteiger partial charge on any atom is -0.383 e. The fourth-order valence-corrected chi connectivity index (χ4v) is 1.45. The SMILES string of the molecule is Nc1cc(NCC2COCCO2)nc(N)n1. The molecule has 0 amide bonds. The van der Waals surface area contributed by atoms with Crippen LogP contribution in [0.4, 0.5) is 17.6 Å². The molecule has 1 aliphatic heterocycles. The quantitative estimate of drug-likeness (QED) is 0.634. The number of anilines is 3. The van der Waals surface area contributed by atoms with E-state index < -0.39 is 0 Å². The van der Waals surface area contributed by atoms with Crippen LogP contribution in [-0.4, -0.2) is 42.4 Å². The number of aromatic nitrogens is 2. The third-order valence-corrected chi connectivity index (χ3v) is 2.16. The van der Waals surface area contributed by atoms with Crippen molar-refractivity contribution >= 4 is 17.6 Å². The van der Waals surface area contributed by atoms with E-state index in [9.17, 15) is 0 Å². The molecule has 1 atom stereocenters. The molecule has 1 fully saturated rings. The number of nitrogens with zero attached hydrogens (tertiary/aromatic N) is 2. The molecule has 7 heteroatoms. The summed E-state index contributed by atoms with van der Waals surface area (Å²) in [7, 11) is 0. The lowest BCUT2D eigenvalue weighted by molar-refractivity contribution is -0.0819. The van der Waals surface area contributed by atoms with Crippen molar-refractivity contribution in [1.29, 1.82) is 0 Å². The van der Waals surface area contributed by atoms with Crippen molar-refractivity contribution in [1.82, 2.24) is 9.97 Å². The molecule has 2 heterocycles. The van der Waals surface area contributed by atoms with Crippen molar-refractivity contribution < 1.29 is 9.47 Å². The van der Waals surface area contributed by atoms with E-state index in [1.54, 1.807) is 6.07 Å². The highest BCUT2D eigenvalue weighted by Crippen LogP contribution is 2.10. The molecule has 7 nitrogen and oxygen atoms in total. The summed E-state index contributed by atoms with van der Waals surface area (Å²) in [6.07, 6.45) is 0.0335. The molecule has 88 valence electrons. The Morgan fingerprint density at radius 3 is 2.94 bits per heavy atom. The monoisotopic (exact) mass is 225 g/mol. The topological polar surface area (TPSA) is 108 Å². The van der Waals surface area contributed by atoms with Gasteiger partial charge in [0.05, 0.1) is 25.9 Å². The highest BCUT2D eigenvalue weighted by molar-refractivity contribution is 5.48. The highest BCUT2D eigenvalue weighted by atomic mass is 16.6. The average Bonchev–Trinajstić information content (AvgIpc) is 2.27. The van der Waals surface area contributed by atoms with Gasteiger partial charge in [-0.3, -0.25) is 0 Å². The molecule has 0 spiro atoms.